The number of hydrogen-bond donors (Lipinski definition) is 0. The molecule has 4 unspecified atom stereocenters. The average molecular weight is 166 g/mol. The number of rotatable bonds is 0. The summed E-state index contributed by atoms with van der Waals surface area (Å²) in [6.45, 7) is 6.48. The molecule has 70 valence electrons. The van der Waals surface area contributed by atoms with Crippen molar-refractivity contribution in [1.29, 1.82) is 0 Å². The highest BCUT2D eigenvalue weighted by molar-refractivity contribution is 5.13. The third kappa shape index (κ3) is 0.744. The van der Waals surface area contributed by atoms with Crippen molar-refractivity contribution in [3.63, 3.8) is 0 Å². The van der Waals surface area contributed by atoms with Gasteiger partial charge in [0.05, 0.1) is 0 Å². The lowest BCUT2D eigenvalue weighted by Gasteiger charge is -2.61. The van der Waals surface area contributed by atoms with E-state index in [9.17, 15) is 0 Å². The highest BCUT2D eigenvalue weighted by Gasteiger charge is 2.64. The first-order valence-corrected chi connectivity index (χ1v) is 5.84. The molecule has 0 heteroatoms. The van der Waals surface area contributed by atoms with E-state index in [0.29, 0.717) is 0 Å². The van der Waals surface area contributed by atoms with Crippen LogP contribution in [0.1, 0.15) is 52.9 Å². The second-order valence-corrected chi connectivity index (χ2v) is 4.76. The summed E-state index contributed by atoms with van der Waals surface area (Å²) in [6.07, 6.45) is 7.88. The molecule has 3 aliphatic rings. The van der Waals surface area contributed by atoms with E-state index in [-0.39, 0.29) is 0 Å². The molecular weight excluding hydrogens is 144 g/mol. The van der Waals surface area contributed by atoms with E-state index in [1.165, 1.54) is 11.8 Å². The SMILES string of the molecule is CC.CC1CC2CCC3CCC132. The van der Waals surface area contributed by atoms with Crippen molar-refractivity contribution in [2.45, 2.75) is 52.9 Å². The molecular formula is C12H22. The molecule has 3 aliphatic carbocycles. The van der Waals surface area contributed by atoms with Crippen LogP contribution in [0.4, 0.5) is 0 Å². The van der Waals surface area contributed by atoms with Crippen LogP contribution in [0.25, 0.3) is 0 Å². The zero-order chi connectivity index (χ0) is 8.77. The zero-order valence-electron chi connectivity index (χ0n) is 8.77. The summed E-state index contributed by atoms with van der Waals surface area (Å²) in [4.78, 5) is 0. The Labute approximate surface area is 76.7 Å². The topological polar surface area (TPSA) is 0 Å². The Morgan fingerprint density at radius 2 is 1.67 bits per heavy atom. The quantitative estimate of drug-likeness (QED) is 0.512. The van der Waals surface area contributed by atoms with Crippen LogP contribution in [0.2, 0.25) is 0 Å². The second-order valence-electron chi connectivity index (χ2n) is 4.76. The van der Waals surface area contributed by atoms with Crippen molar-refractivity contribution < 1.29 is 0 Å². The third-order valence-electron chi connectivity index (χ3n) is 4.87. The van der Waals surface area contributed by atoms with E-state index in [1.54, 1.807) is 32.1 Å². The van der Waals surface area contributed by atoms with Crippen molar-refractivity contribution in [2.24, 2.45) is 23.2 Å². The van der Waals surface area contributed by atoms with Gasteiger partial charge >= 0.3 is 0 Å². The molecule has 0 heterocycles. The molecule has 0 bridgehead atoms. The molecule has 0 N–H and O–H groups in total. The fourth-order valence-electron chi connectivity index (χ4n) is 4.18. The molecule has 3 saturated carbocycles. The molecule has 12 heavy (non-hydrogen) atoms. The monoisotopic (exact) mass is 166 g/mol. The first-order valence-electron chi connectivity index (χ1n) is 5.84. The minimum atomic E-state index is 0.931. The smallest absolute Gasteiger partial charge is 0.0215 e. The molecule has 3 rings (SSSR count). The molecule has 0 aromatic heterocycles. The van der Waals surface area contributed by atoms with Crippen LogP contribution in [0.15, 0.2) is 0 Å². The Balaban J connectivity index is 0.000000264. The summed E-state index contributed by atoms with van der Waals surface area (Å²) in [5, 5.41) is 0. The lowest BCUT2D eigenvalue weighted by molar-refractivity contribution is -0.122. The van der Waals surface area contributed by atoms with E-state index < -0.39 is 0 Å². The summed E-state index contributed by atoms with van der Waals surface area (Å²) in [5.74, 6) is 3.46. The fraction of sp³-hybridized carbons (Fsp3) is 1.00. The van der Waals surface area contributed by atoms with E-state index >= 15 is 0 Å². The largest absolute Gasteiger partial charge is 0.0683 e. The minimum Gasteiger partial charge on any atom is -0.0683 e. The number of hydrogen-bond acceptors (Lipinski definition) is 0. The lowest BCUT2D eigenvalue weighted by atomic mass is 9.44. The third-order valence-corrected chi connectivity index (χ3v) is 4.87. The van der Waals surface area contributed by atoms with Gasteiger partial charge in [0.2, 0.25) is 0 Å². The maximum Gasteiger partial charge on any atom is -0.0215 e. The van der Waals surface area contributed by atoms with Gasteiger partial charge in [-0.3, -0.25) is 0 Å². The standard InChI is InChI=1S/C10H16.C2H6/c1-7-6-9-3-2-8-4-5-10(7,8)9;1-2/h7-9H,2-6H2,1H3;1-2H3. The van der Waals surface area contributed by atoms with Gasteiger partial charge < -0.3 is 0 Å². The van der Waals surface area contributed by atoms with Gasteiger partial charge in [-0.15, -0.1) is 0 Å². The molecule has 3 fully saturated rings. The highest BCUT2D eigenvalue weighted by Crippen LogP contribution is 2.72. The molecule has 0 aromatic rings. The maximum atomic E-state index is 2.48. The van der Waals surface area contributed by atoms with Crippen molar-refractivity contribution in [3.8, 4) is 0 Å². The Morgan fingerprint density at radius 3 is 2.00 bits per heavy atom. The van der Waals surface area contributed by atoms with E-state index in [0.717, 1.165) is 11.3 Å². The summed E-state index contributed by atoms with van der Waals surface area (Å²) >= 11 is 0. The normalized spacial score (nSPS) is 53.8. The van der Waals surface area contributed by atoms with Crippen LogP contribution < -0.4 is 0 Å². The van der Waals surface area contributed by atoms with Crippen molar-refractivity contribution in [1.82, 2.24) is 0 Å². The van der Waals surface area contributed by atoms with E-state index in [4.69, 9.17) is 0 Å². The molecule has 0 nitrogen and oxygen atoms in total. The molecule has 0 aromatic carbocycles. The predicted octanol–water partition coefficient (Wildman–Crippen LogP) is 3.86. The van der Waals surface area contributed by atoms with Gasteiger partial charge in [0.25, 0.3) is 0 Å². The van der Waals surface area contributed by atoms with Crippen LogP contribution in [0.3, 0.4) is 0 Å². The first-order chi connectivity index (χ1) is 5.84. The summed E-state index contributed by atoms with van der Waals surface area (Å²) in [7, 11) is 0. The Kier molecular flexibility index (Phi) is 1.97. The van der Waals surface area contributed by atoms with Crippen molar-refractivity contribution >= 4 is 0 Å². The minimum absolute atomic E-state index is 0.931. The van der Waals surface area contributed by atoms with Crippen LogP contribution in [-0.4, -0.2) is 0 Å². The fourth-order valence-corrected chi connectivity index (χ4v) is 4.18. The summed E-state index contributed by atoms with van der Waals surface area (Å²) < 4.78 is 0. The first kappa shape index (κ1) is 8.59. The highest BCUT2D eigenvalue weighted by atomic mass is 14.7. The second kappa shape index (κ2) is 2.75. The molecule has 0 saturated heterocycles. The Hall–Kier alpha value is 0. The van der Waals surface area contributed by atoms with Crippen LogP contribution in [0, 0.1) is 23.2 Å². The van der Waals surface area contributed by atoms with Gasteiger partial charge in [0.1, 0.15) is 0 Å². The molecule has 0 aliphatic heterocycles. The average Bonchev–Trinajstić information content (AvgIpc) is 2.22. The Bertz CT molecular complexity index is 162. The molecule has 1 spiro atoms. The van der Waals surface area contributed by atoms with Crippen molar-refractivity contribution in [2.75, 3.05) is 0 Å². The van der Waals surface area contributed by atoms with Crippen LogP contribution in [-0.2, 0) is 0 Å². The lowest BCUT2D eigenvalue weighted by Crippen LogP contribution is -2.53. The molecule has 4 atom stereocenters. The summed E-state index contributed by atoms with van der Waals surface area (Å²) in [6, 6.07) is 0. The van der Waals surface area contributed by atoms with Gasteiger partial charge in [-0.05, 0) is 55.3 Å². The Morgan fingerprint density at radius 1 is 1.00 bits per heavy atom. The maximum absolute atomic E-state index is 2.48. The predicted molar refractivity (Wildman–Crippen MR) is 53.0 cm³/mol. The summed E-state index contributed by atoms with van der Waals surface area (Å²) in [5.41, 5.74) is 0.931. The van der Waals surface area contributed by atoms with Gasteiger partial charge in [0.15, 0.2) is 0 Å². The van der Waals surface area contributed by atoms with Gasteiger partial charge in [-0.2, -0.15) is 0 Å². The zero-order valence-corrected chi connectivity index (χ0v) is 8.77. The van der Waals surface area contributed by atoms with Crippen LogP contribution >= 0.6 is 0 Å². The van der Waals surface area contributed by atoms with Gasteiger partial charge in [0, 0.05) is 0 Å². The molecule has 0 radical (unpaired) electrons. The van der Waals surface area contributed by atoms with Gasteiger partial charge in [-0.25, -0.2) is 0 Å². The molecule has 0 amide bonds. The van der Waals surface area contributed by atoms with E-state index in [2.05, 4.69) is 6.92 Å². The van der Waals surface area contributed by atoms with Gasteiger partial charge in [-0.1, -0.05) is 20.8 Å². The van der Waals surface area contributed by atoms with Crippen molar-refractivity contribution in [3.05, 3.63) is 0 Å². The van der Waals surface area contributed by atoms with E-state index in [1.807, 2.05) is 13.8 Å². The van der Waals surface area contributed by atoms with Crippen LogP contribution in [0.5, 0.6) is 0 Å².